The lowest BCUT2D eigenvalue weighted by atomic mass is 10.1. The smallest absolute Gasteiger partial charge is 0.391 e. The van der Waals surface area contributed by atoms with E-state index >= 15 is 0 Å². The number of aryl methyl sites for hydroxylation is 1. The zero-order chi connectivity index (χ0) is 14.9. The van der Waals surface area contributed by atoms with E-state index < -0.39 is 18.2 Å². The van der Waals surface area contributed by atoms with Crippen LogP contribution in [0.1, 0.15) is 29.6 Å². The van der Waals surface area contributed by atoms with E-state index in [1.165, 1.54) is 23.2 Å². The maximum atomic E-state index is 12.5. The van der Waals surface area contributed by atoms with Gasteiger partial charge in [0.1, 0.15) is 6.04 Å². The predicted octanol–water partition coefficient (Wildman–Crippen LogP) is -0.317. The number of aromatic nitrogens is 1. The van der Waals surface area contributed by atoms with Gasteiger partial charge in [0.05, 0.1) is 11.5 Å². The third kappa shape index (κ3) is 2.74. The first-order valence-corrected chi connectivity index (χ1v) is 7.55. The molecule has 1 amide bonds. The Morgan fingerprint density at radius 2 is 2.30 bits per heavy atom. The number of hydrogen-bond donors (Lipinski definition) is 2. The van der Waals surface area contributed by atoms with Crippen molar-refractivity contribution in [3.63, 3.8) is 0 Å². The SMILES string of the molecule is Cc1scc[n+]1C(=O)[C@@H]1CCCN1C(=O)C(N)C(C)O. The van der Waals surface area contributed by atoms with Crippen molar-refractivity contribution in [1.29, 1.82) is 0 Å². The largest absolute Gasteiger partial charge is 0.415 e. The number of nitrogens with two attached hydrogens (primary N) is 1. The van der Waals surface area contributed by atoms with E-state index in [1.54, 1.807) is 10.8 Å². The summed E-state index contributed by atoms with van der Waals surface area (Å²) < 4.78 is 1.58. The molecule has 0 saturated carbocycles. The summed E-state index contributed by atoms with van der Waals surface area (Å²) in [5.74, 6) is -0.461. The number of thiazole rings is 1. The number of aliphatic hydroxyl groups is 1. The molecule has 1 aromatic heterocycles. The van der Waals surface area contributed by atoms with Gasteiger partial charge >= 0.3 is 5.91 Å². The Labute approximate surface area is 121 Å². The summed E-state index contributed by atoms with van der Waals surface area (Å²) in [6, 6.07) is -1.46. The topological polar surface area (TPSA) is 87.5 Å². The number of aliphatic hydroxyl groups excluding tert-OH is 1. The molecule has 0 radical (unpaired) electrons. The molecular weight excluding hydrogens is 278 g/mol. The summed E-state index contributed by atoms with van der Waals surface area (Å²) in [5.41, 5.74) is 5.69. The molecular formula is C13H20N3O3S+. The van der Waals surface area contributed by atoms with Gasteiger partial charge in [-0.25, -0.2) is 4.79 Å². The van der Waals surface area contributed by atoms with Gasteiger partial charge in [-0.05, 0) is 19.8 Å². The predicted molar refractivity (Wildman–Crippen MR) is 74.3 cm³/mol. The number of nitrogens with zero attached hydrogens (tertiary/aromatic N) is 2. The van der Waals surface area contributed by atoms with Crippen LogP contribution in [0, 0.1) is 6.92 Å². The van der Waals surface area contributed by atoms with Crippen LogP contribution in [0.3, 0.4) is 0 Å². The molecule has 2 heterocycles. The van der Waals surface area contributed by atoms with Gasteiger partial charge in [0, 0.05) is 13.5 Å². The van der Waals surface area contributed by atoms with Crippen LogP contribution < -0.4 is 10.3 Å². The third-order valence-corrected chi connectivity index (χ3v) is 4.45. The number of hydrogen-bond acceptors (Lipinski definition) is 5. The fraction of sp³-hybridized carbons (Fsp3) is 0.615. The van der Waals surface area contributed by atoms with Crippen molar-refractivity contribution in [2.45, 2.75) is 44.9 Å². The van der Waals surface area contributed by atoms with E-state index in [4.69, 9.17) is 5.73 Å². The Morgan fingerprint density at radius 3 is 2.85 bits per heavy atom. The van der Waals surface area contributed by atoms with Gasteiger partial charge in [-0.2, -0.15) is 0 Å². The molecule has 2 rings (SSSR count). The van der Waals surface area contributed by atoms with Gasteiger partial charge in [0.2, 0.25) is 10.9 Å². The molecule has 1 aliphatic rings. The van der Waals surface area contributed by atoms with Crippen LogP contribution in [-0.4, -0.2) is 46.6 Å². The van der Waals surface area contributed by atoms with E-state index in [1.807, 2.05) is 12.3 Å². The van der Waals surface area contributed by atoms with E-state index in [0.717, 1.165) is 11.4 Å². The van der Waals surface area contributed by atoms with E-state index in [2.05, 4.69) is 0 Å². The summed E-state index contributed by atoms with van der Waals surface area (Å²) in [6.07, 6.45) is 2.21. The fourth-order valence-corrected chi connectivity index (χ4v) is 3.07. The average molecular weight is 298 g/mol. The molecule has 0 spiro atoms. The van der Waals surface area contributed by atoms with Crippen LogP contribution >= 0.6 is 11.3 Å². The van der Waals surface area contributed by atoms with Gasteiger partial charge in [-0.1, -0.05) is 11.3 Å². The number of likely N-dealkylation sites (tertiary alicyclic amines) is 1. The molecule has 3 N–H and O–H groups in total. The minimum absolute atomic E-state index is 0.104. The minimum atomic E-state index is -0.975. The van der Waals surface area contributed by atoms with Crippen molar-refractivity contribution < 1.29 is 19.3 Å². The van der Waals surface area contributed by atoms with Crippen LogP contribution in [0.5, 0.6) is 0 Å². The number of carbonyl (C=O) groups excluding carboxylic acids is 2. The van der Waals surface area contributed by atoms with Crippen molar-refractivity contribution in [3.05, 3.63) is 16.6 Å². The number of carbonyl (C=O) groups is 2. The second-order valence-electron chi connectivity index (χ2n) is 5.09. The molecule has 3 atom stereocenters. The highest BCUT2D eigenvalue weighted by atomic mass is 32.1. The zero-order valence-electron chi connectivity index (χ0n) is 11.7. The molecule has 0 aromatic carbocycles. The lowest BCUT2D eigenvalue weighted by Gasteiger charge is -2.25. The van der Waals surface area contributed by atoms with Crippen molar-refractivity contribution in [1.82, 2.24) is 4.90 Å². The Morgan fingerprint density at radius 1 is 1.60 bits per heavy atom. The molecule has 20 heavy (non-hydrogen) atoms. The summed E-state index contributed by atoms with van der Waals surface area (Å²) in [5, 5.41) is 12.2. The normalized spacial score (nSPS) is 21.8. The van der Waals surface area contributed by atoms with Crippen molar-refractivity contribution >= 4 is 23.2 Å². The average Bonchev–Trinajstić information content (AvgIpc) is 3.04. The molecule has 0 aliphatic carbocycles. The van der Waals surface area contributed by atoms with Crippen molar-refractivity contribution in [2.24, 2.45) is 5.73 Å². The fourth-order valence-electron chi connectivity index (χ4n) is 2.43. The highest BCUT2D eigenvalue weighted by Crippen LogP contribution is 2.19. The van der Waals surface area contributed by atoms with Gasteiger partial charge < -0.3 is 15.7 Å². The Bertz CT molecular complexity index is 515. The van der Waals surface area contributed by atoms with Gasteiger partial charge in [-0.3, -0.25) is 4.79 Å². The second kappa shape index (κ2) is 5.99. The third-order valence-electron chi connectivity index (χ3n) is 3.65. The summed E-state index contributed by atoms with van der Waals surface area (Å²) in [7, 11) is 0. The Hall–Kier alpha value is -1.31. The highest BCUT2D eigenvalue weighted by Gasteiger charge is 2.42. The molecule has 1 aliphatic heterocycles. The van der Waals surface area contributed by atoms with Crippen LogP contribution in [-0.2, 0) is 4.79 Å². The van der Waals surface area contributed by atoms with Gasteiger partial charge in [0.15, 0.2) is 12.2 Å². The van der Waals surface area contributed by atoms with Gasteiger partial charge in [-0.15, -0.1) is 4.57 Å². The van der Waals surface area contributed by atoms with Crippen molar-refractivity contribution in [3.8, 4) is 0 Å². The molecule has 6 nitrogen and oxygen atoms in total. The number of amides is 1. The molecule has 7 heteroatoms. The van der Waals surface area contributed by atoms with E-state index in [9.17, 15) is 14.7 Å². The summed E-state index contributed by atoms with van der Waals surface area (Å²) in [4.78, 5) is 26.3. The first-order chi connectivity index (χ1) is 9.43. The van der Waals surface area contributed by atoms with Crippen molar-refractivity contribution in [2.75, 3.05) is 6.54 Å². The van der Waals surface area contributed by atoms with Crippen LogP contribution in [0.15, 0.2) is 11.6 Å². The molecule has 110 valence electrons. The summed E-state index contributed by atoms with van der Waals surface area (Å²) >= 11 is 1.49. The molecule has 1 aromatic rings. The standard InChI is InChI=1S/C13H20N3O3S/c1-8(17)11(14)13(19)16-5-3-4-10(16)12(18)15-6-7-20-9(15)2/h6-8,10-11,17H,3-5,14H2,1-2H3/q+1/t8?,10-,11?/m0/s1. The zero-order valence-corrected chi connectivity index (χ0v) is 12.5. The minimum Gasteiger partial charge on any atom is -0.391 e. The summed E-state index contributed by atoms with van der Waals surface area (Å²) in [6.45, 7) is 3.86. The molecule has 1 saturated heterocycles. The van der Waals surface area contributed by atoms with Gasteiger partial charge in [0.25, 0.3) is 0 Å². The maximum absolute atomic E-state index is 12.5. The Kier molecular flexibility index (Phi) is 4.52. The van der Waals surface area contributed by atoms with Crippen LogP contribution in [0.4, 0.5) is 0 Å². The monoisotopic (exact) mass is 298 g/mol. The quantitative estimate of drug-likeness (QED) is 0.749. The van der Waals surface area contributed by atoms with E-state index in [-0.39, 0.29) is 11.8 Å². The first kappa shape index (κ1) is 15.1. The highest BCUT2D eigenvalue weighted by molar-refractivity contribution is 7.09. The lowest BCUT2D eigenvalue weighted by molar-refractivity contribution is -0.577. The maximum Gasteiger partial charge on any atom is 0.415 e. The Balaban J connectivity index is 2.17. The second-order valence-corrected chi connectivity index (χ2v) is 6.18. The van der Waals surface area contributed by atoms with Crippen LogP contribution in [0.25, 0.3) is 0 Å². The molecule has 1 fully saturated rings. The first-order valence-electron chi connectivity index (χ1n) is 6.67. The van der Waals surface area contributed by atoms with E-state index in [0.29, 0.717) is 13.0 Å². The van der Waals surface area contributed by atoms with Crippen LogP contribution in [0.2, 0.25) is 0 Å². The molecule has 2 unspecified atom stereocenters. The lowest BCUT2D eigenvalue weighted by Crippen LogP contribution is -2.58. The number of rotatable bonds is 3. The molecule has 0 bridgehead atoms.